The molecule has 0 amide bonds. The standard InChI is InChI=1S/C14H16BrNO/c1-11(8-14-6-3-7-17-14)16-10-12-4-2-5-13(15)9-12/h2-7,9,11,16H,8,10H2,1H3. The van der Waals surface area contributed by atoms with Crippen LogP contribution < -0.4 is 5.32 Å². The second-order valence-electron chi connectivity index (χ2n) is 4.20. The van der Waals surface area contributed by atoms with E-state index in [1.54, 1.807) is 6.26 Å². The number of furan rings is 1. The van der Waals surface area contributed by atoms with Crippen molar-refractivity contribution in [1.29, 1.82) is 0 Å². The Hall–Kier alpha value is -1.06. The molecule has 0 aliphatic rings. The third kappa shape index (κ3) is 4.02. The summed E-state index contributed by atoms with van der Waals surface area (Å²) in [5.74, 6) is 1.03. The molecule has 90 valence electrons. The monoisotopic (exact) mass is 293 g/mol. The van der Waals surface area contributed by atoms with Crippen molar-refractivity contribution in [3.8, 4) is 0 Å². The summed E-state index contributed by atoms with van der Waals surface area (Å²) in [6.07, 6.45) is 2.64. The Balaban J connectivity index is 1.82. The predicted molar refractivity (Wildman–Crippen MR) is 72.9 cm³/mol. The first-order valence-electron chi connectivity index (χ1n) is 5.74. The second kappa shape index (κ2) is 6.03. The molecule has 0 aliphatic heterocycles. The number of benzene rings is 1. The predicted octanol–water partition coefficient (Wildman–Crippen LogP) is 3.76. The van der Waals surface area contributed by atoms with Gasteiger partial charge in [-0.05, 0) is 36.8 Å². The van der Waals surface area contributed by atoms with Gasteiger partial charge in [0.25, 0.3) is 0 Å². The molecule has 1 aromatic carbocycles. The second-order valence-corrected chi connectivity index (χ2v) is 5.11. The molecule has 2 nitrogen and oxygen atoms in total. The Bertz CT molecular complexity index is 453. The molecule has 1 atom stereocenters. The van der Waals surface area contributed by atoms with Crippen LogP contribution >= 0.6 is 15.9 Å². The van der Waals surface area contributed by atoms with E-state index in [1.807, 2.05) is 18.2 Å². The molecular weight excluding hydrogens is 278 g/mol. The number of halogens is 1. The van der Waals surface area contributed by atoms with Gasteiger partial charge in [0.1, 0.15) is 5.76 Å². The quantitative estimate of drug-likeness (QED) is 0.908. The van der Waals surface area contributed by atoms with E-state index in [2.05, 4.69) is 46.4 Å². The third-order valence-corrected chi connectivity index (χ3v) is 3.12. The Morgan fingerprint density at radius 1 is 1.29 bits per heavy atom. The van der Waals surface area contributed by atoms with E-state index < -0.39 is 0 Å². The number of hydrogen-bond donors (Lipinski definition) is 1. The van der Waals surface area contributed by atoms with E-state index >= 15 is 0 Å². The summed E-state index contributed by atoms with van der Waals surface area (Å²) < 4.78 is 6.45. The van der Waals surface area contributed by atoms with E-state index in [0.29, 0.717) is 6.04 Å². The van der Waals surface area contributed by atoms with Crippen LogP contribution in [0.1, 0.15) is 18.2 Å². The molecule has 0 saturated heterocycles. The summed E-state index contributed by atoms with van der Waals surface area (Å²) >= 11 is 3.47. The Morgan fingerprint density at radius 2 is 2.18 bits per heavy atom. The molecule has 0 spiro atoms. The SMILES string of the molecule is CC(Cc1ccco1)NCc1cccc(Br)c1. The first-order chi connectivity index (χ1) is 8.24. The lowest BCUT2D eigenvalue weighted by atomic mass is 10.1. The molecule has 0 saturated carbocycles. The highest BCUT2D eigenvalue weighted by molar-refractivity contribution is 9.10. The largest absolute Gasteiger partial charge is 0.469 e. The maximum Gasteiger partial charge on any atom is 0.105 e. The molecule has 0 fully saturated rings. The molecule has 3 heteroatoms. The van der Waals surface area contributed by atoms with Crippen LogP contribution in [0.5, 0.6) is 0 Å². The van der Waals surface area contributed by atoms with Crippen LogP contribution in [0.4, 0.5) is 0 Å². The van der Waals surface area contributed by atoms with E-state index in [0.717, 1.165) is 23.2 Å². The van der Waals surface area contributed by atoms with Crippen LogP contribution in [-0.4, -0.2) is 6.04 Å². The van der Waals surface area contributed by atoms with Gasteiger partial charge in [0.2, 0.25) is 0 Å². The van der Waals surface area contributed by atoms with Gasteiger partial charge in [0.15, 0.2) is 0 Å². The first-order valence-corrected chi connectivity index (χ1v) is 6.53. The molecule has 1 aromatic heterocycles. The van der Waals surface area contributed by atoms with Crippen LogP contribution in [0.15, 0.2) is 51.6 Å². The molecule has 0 radical (unpaired) electrons. The lowest BCUT2D eigenvalue weighted by molar-refractivity contribution is 0.456. The summed E-state index contributed by atoms with van der Waals surface area (Å²) in [6, 6.07) is 12.7. The van der Waals surface area contributed by atoms with Crippen molar-refractivity contribution < 1.29 is 4.42 Å². The van der Waals surface area contributed by atoms with Crippen molar-refractivity contribution in [1.82, 2.24) is 5.32 Å². The minimum atomic E-state index is 0.403. The highest BCUT2D eigenvalue weighted by atomic mass is 79.9. The maximum absolute atomic E-state index is 5.33. The Kier molecular flexibility index (Phi) is 4.40. The lowest BCUT2D eigenvalue weighted by Crippen LogP contribution is -2.27. The highest BCUT2D eigenvalue weighted by Crippen LogP contribution is 2.12. The van der Waals surface area contributed by atoms with Crippen molar-refractivity contribution in [3.63, 3.8) is 0 Å². The lowest BCUT2D eigenvalue weighted by Gasteiger charge is -2.12. The van der Waals surface area contributed by atoms with Crippen molar-refractivity contribution in [2.24, 2.45) is 0 Å². The van der Waals surface area contributed by atoms with Gasteiger partial charge < -0.3 is 9.73 Å². The Labute approximate surface area is 110 Å². The average Bonchev–Trinajstić information content (AvgIpc) is 2.79. The van der Waals surface area contributed by atoms with E-state index in [4.69, 9.17) is 4.42 Å². The fourth-order valence-electron chi connectivity index (χ4n) is 1.74. The molecule has 2 rings (SSSR count). The summed E-state index contributed by atoms with van der Waals surface area (Å²) in [6.45, 7) is 3.04. The van der Waals surface area contributed by atoms with Gasteiger partial charge in [-0.1, -0.05) is 28.1 Å². The fraction of sp³-hybridized carbons (Fsp3) is 0.286. The van der Waals surface area contributed by atoms with Crippen molar-refractivity contribution in [2.45, 2.75) is 25.9 Å². The summed E-state index contributed by atoms with van der Waals surface area (Å²) in [5, 5.41) is 3.48. The maximum atomic E-state index is 5.33. The number of nitrogens with one attached hydrogen (secondary N) is 1. The van der Waals surface area contributed by atoms with Crippen LogP contribution in [0, 0.1) is 0 Å². The van der Waals surface area contributed by atoms with Gasteiger partial charge in [-0.2, -0.15) is 0 Å². The molecule has 2 aromatic rings. The van der Waals surface area contributed by atoms with E-state index in [9.17, 15) is 0 Å². The van der Waals surface area contributed by atoms with E-state index in [-0.39, 0.29) is 0 Å². The molecule has 17 heavy (non-hydrogen) atoms. The highest BCUT2D eigenvalue weighted by Gasteiger charge is 2.05. The van der Waals surface area contributed by atoms with E-state index in [1.165, 1.54) is 5.56 Å². The van der Waals surface area contributed by atoms with Gasteiger partial charge in [0.05, 0.1) is 6.26 Å². The van der Waals surface area contributed by atoms with Gasteiger partial charge in [-0.25, -0.2) is 0 Å². The Morgan fingerprint density at radius 3 is 2.88 bits per heavy atom. The van der Waals surface area contributed by atoms with Crippen LogP contribution in [0.3, 0.4) is 0 Å². The first kappa shape index (κ1) is 12.4. The smallest absolute Gasteiger partial charge is 0.105 e. The van der Waals surface area contributed by atoms with Gasteiger partial charge >= 0.3 is 0 Å². The zero-order valence-electron chi connectivity index (χ0n) is 9.82. The zero-order valence-corrected chi connectivity index (χ0v) is 11.4. The molecule has 1 heterocycles. The van der Waals surface area contributed by atoms with Gasteiger partial charge in [-0.3, -0.25) is 0 Å². The zero-order chi connectivity index (χ0) is 12.1. The summed E-state index contributed by atoms with van der Waals surface area (Å²) in [7, 11) is 0. The van der Waals surface area contributed by atoms with Crippen LogP contribution in [0.2, 0.25) is 0 Å². The number of rotatable bonds is 5. The normalized spacial score (nSPS) is 12.6. The van der Waals surface area contributed by atoms with Crippen molar-refractivity contribution in [3.05, 3.63) is 58.5 Å². The van der Waals surface area contributed by atoms with Gasteiger partial charge in [0, 0.05) is 23.5 Å². The van der Waals surface area contributed by atoms with Crippen LogP contribution in [0.25, 0.3) is 0 Å². The minimum absolute atomic E-state index is 0.403. The number of hydrogen-bond acceptors (Lipinski definition) is 2. The molecule has 0 aliphatic carbocycles. The van der Waals surface area contributed by atoms with Crippen molar-refractivity contribution >= 4 is 15.9 Å². The fourth-order valence-corrected chi connectivity index (χ4v) is 2.19. The molecular formula is C14H16BrNO. The summed E-state index contributed by atoms with van der Waals surface area (Å²) in [5.41, 5.74) is 1.28. The molecule has 0 bridgehead atoms. The molecule has 1 N–H and O–H groups in total. The van der Waals surface area contributed by atoms with Gasteiger partial charge in [-0.15, -0.1) is 0 Å². The van der Waals surface area contributed by atoms with Crippen LogP contribution in [-0.2, 0) is 13.0 Å². The average molecular weight is 294 g/mol. The topological polar surface area (TPSA) is 25.2 Å². The minimum Gasteiger partial charge on any atom is -0.469 e. The third-order valence-electron chi connectivity index (χ3n) is 2.63. The van der Waals surface area contributed by atoms with Crippen molar-refractivity contribution in [2.75, 3.05) is 0 Å². The summed E-state index contributed by atoms with van der Waals surface area (Å²) in [4.78, 5) is 0. The molecule has 1 unspecified atom stereocenters.